The summed E-state index contributed by atoms with van der Waals surface area (Å²) in [5.41, 5.74) is 11.9. The van der Waals surface area contributed by atoms with Crippen LogP contribution in [0.2, 0.25) is 0 Å². The SMILES string of the molecule is Nc1cc(C23CC4CC(C(=O)O)(C2)CC(C25CC6CC(C(=O)O)(CC(c7ccc(O)c(N)c7)(C6)C2)C5)(C4)C3)ccc1O. The smallest absolute Gasteiger partial charge is 0.309 e. The van der Waals surface area contributed by atoms with Gasteiger partial charge in [-0.2, -0.15) is 0 Å². The number of phenols is 2. The predicted octanol–water partition coefficient (Wildman–Crippen LogP) is 5.55. The van der Waals surface area contributed by atoms with Crippen molar-refractivity contribution in [3.05, 3.63) is 47.5 Å². The van der Waals surface area contributed by atoms with Crippen LogP contribution in [-0.2, 0) is 20.4 Å². The molecular formula is C34H40N2O6. The fourth-order valence-electron chi connectivity index (χ4n) is 12.9. The number of nitrogens with two attached hydrogens (primary N) is 2. The molecule has 8 unspecified atom stereocenters. The van der Waals surface area contributed by atoms with Crippen LogP contribution in [0.4, 0.5) is 11.4 Å². The second-order valence-corrected chi connectivity index (χ2v) is 15.9. The van der Waals surface area contributed by atoms with Gasteiger partial charge >= 0.3 is 11.9 Å². The number of aromatic hydroxyl groups is 2. The fraction of sp³-hybridized carbons (Fsp3) is 0.588. The van der Waals surface area contributed by atoms with Crippen molar-refractivity contribution in [1.82, 2.24) is 0 Å². The minimum absolute atomic E-state index is 0.0331. The second kappa shape index (κ2) is 7.74. The molecule has 8 aliphatic rings. The van der Waals surface area contributed by atoms with E-state index in [1.807, 2.05) is 24.3 Å². The van der Waals surface area contributed by atoms with Crippen LogP contribution >= 0.6 is 0 Å². The van der Waals surface area contributed by atoms with Gasteiger partial charge in [0, 0.05) is 0 Å². The van der Waals surface area contributed by atoms with E-state index < -0.39 is 22.8 Å². The van der Waals surface area contributed by atoms with Crippen molar-refractivity contribution in [2.75, 3.05) is 11.5 Å². The van der Waals surface area contributed by atoms with Crippen molar-refractivity contribution in [3.63, 3.8) is 0 Å². The summed E-state index contributed by atoms with van der Waals surface area (Å²) in [7, 11) is 0. The Hall–Kier alpha value is -3.42. The number of anilines is 2. The highest BCUT2D eigenvalue weighted by molar-refractivity contribution is 5.77. The first-order valence-electron chi connectivity index (χ1n) is 15.4. The van der Waals surface area contributed by atoms with Gasteiger partial charge in [-0.3, -0.25) is 9.59 Å². The Morgan fingerprint density at radius 2 is 1.00 bits per heavy atom. The Balaban J connectivity index is 1.32. The van der Waals surface area contributed by atoms with E-state index in [9.17, 15) is 30.0 Å². The highest BCUT2D eigenvalue weighted by Gasteiger charge is 2.76. The monoisotopic (exact) mass is 572 g/mol. The van der Waals surface area contributed by atoms with Crippen LogP contribution in [0.15, 0.2) is 36.4 Å². The van der Waals surface area contributed by atoms with E-state index in [0.717, 1.165) is 49.7 Å². The summed E-state index contributed by atoms with van der Waals surface area (Å²) in [6.45, 7) is 0. The van der Waals surface area contributed by atoms with Gasteiger partial charge < -0.3 is 31.9 Å². The summed E-state index contributed by atoms with van der Waals surface area (Å²) < 4.78 is 0. The summed E-state index contributed by atoms with van der Waals surface area (Å²) in [6.07, 6.45) is 8.97. The van der Waals surface area contributed by atoms with Gasteiger partial charge in [0.25, 0.3) is 0 Å². The fourth-order valence-corrected chi connectivity index (χ4v) is 12.9. The Morgan fingerprint density at radius 1 is 0.595 bits per heavy atom. The minimum Gasteiger partial charge on any atom is -0.506 e. The van der Waals surface area contributed by atoms with Gasteiger partial charge in [-0.05, 0) is 146 Å². The molecule has 0 aromatic heterocycles. The highest BCUT2D eigenvalue weighted by Crippen LogP contribution is 2.82. The van der Waals surface area contributed by atoms with Gasteiger partial charge in [-0.1, -0.05) is 12.1 Å². The summed E-state index contributed by atoms with van der Waals surface area (Å²) in [5.74, 6) is -0.920. The van der Waals surface area contributed by atoms with Crippen LogP contribution in [0, 0.1) is 33.5 Å². The molecule has 8 heteroatoms. The lowest BCUT2D eigenvalue weighted by Gasteiger charge is -2.76. The third-order valence-electron chi connectivity index (χ3n) is 13.4. The molecule has 8 saturated carbocycles. The second-order valence-electron chi connectivity index (χ2n) is 15.9. The van der Waals surface area contributed by atoms with Crippen molar-refractivity contribution in [2.45, 2.75) is 87.9 Å². The number of aliphatic carboxylic acids is 2. The van der Waals surface area contributed by atoms with Crippen molar-refractivity contribution in [3.8, 4) is 11.5 Å². The topological polar surface area (TPSA) is 167 Å². The quantitative estimate of drug-likeness (QED) is 0.200. The molecule has 0 aliphatic heterocycles. The molecule has 42 heavy (non-hydrogen) atoms. The zero-order chi connectivity index (χ0) is 29.5. The number of rotatable bonds is 5. The summed E-state index contributed by atoms with van der Waals surface area (Å²) in [5, 5.41) is 42.2. The molecule has 10 rings (SSSR count). The maximum absolute atomic E-state index is 13.2. The Morgan fingerprint density at radius 3 is 1.36 bits per heavy atom. The van der Waals surface area contributed by atoms with E-state index in [1.165, 1.54) is 0 Å². The third-order valence-corrected chi connectivity index (χ3v) is 13.4. The average molecular weight is 573 g/mol. The number of hydrogen-bond donors (Lipinski definition) is 6. The van der Waals surface area contributed by atoms with E-state index >= 15 is 0 Å². The molecule has 0 radical (unpaired) electrons. The number of benzene rings is 2. The maximum Gasteiger partial charge on any atom is 0.309 e. The largest absolute Gasteiger partial charge is 0.506 e. The lowest BCUT2D eigenvalue weighted by Crippen LogP contribution is -2.71. The predicted molar refractivity (Wildman–Crippen MR) is 156 cm³/mol. The van der Waals surface area contributed by atoms with Crippen molar-refractivity contribution in [1.29, 1.82) is 0 Å². The highest BCUT2D eigenvalue weighted by atomic mass is 16.4. The molecule has 2 aromatic carbocycles. The van der Waals surface area contributed by atoms with E-state index in [0.29, 0.717) is 49.9 Å². The first-order valence-corrected chi connectivity index (χ1v) is 15.4. The van der Waals surface area contributed by atoms with E-state index in [2.05, 4.69) is 0 Å². The standard InChI is InChI=1S/C34H40N2O6/c35-23-5-21(1-3-25(23)37)29-7-19-9-31(13-29,27(39)40)17-33(11-19,15-29)34-12-20-8-30(16-34,14-32(10-20,18-34)28(41)42)22-2-4-26(38)24(36)6-22/h1-6,19-20,37-38H,7-18,35-36H2,(H,39,40)(H,41,42). The zero-order valence-corrected chi connectivity index (χ0v) is 23.9. The van der Waals surface area contributed by atoms with Gasteiger partial charge in [-0.25, -0.2) is 0 Å². The van der Waals surface area contributed by atoms with Crippen molar-refractivity contribution >= 4 is 23.3 Å². The Kier molecular flexibility index (Phi) is 4.84. The van der Waals surface area contributed by atoms with Crippen LogP contribution in [0.1, 0.15) is 88.2 Å². The summed E-state index contributed by atoms with van der Waals surface area (Å²) in [4.78, 5) is 26.5. The third kappa shape index (κ3) is 3.13. The molecule has 8 N–H and O–H groups in total. The number of nitrogen functional groups attached to an aromatic ring is 2. The van der Waals surface area contributed by atoms with Crippen LogP contribution in [0.3, 0.4) is 0 Å². The van der Waals surface area contributed by atoms with Crippen LogP contribution in [-0.4, -0.2) is 32.4 Å². The first kappa shape index (κ1) is 26.2. The molecule has 0 heterocycles. The molecule has 2 aromatic rings. The number of phenolic OH excluding ortho intramolecular Hbond substituents is 2. The summed E-state index contributed by atoms with van der Waals surface area (Å²) >= 11 is 0. The summed E-state index contributed by atoms with van der Waals surface area (Å²) in [6, 6.07) is 10.8. The molecule has 8 aliphatic carbocycles. The lowest BCUT2D eigenvalue weighted by molar-refractivity contribution is -0.252. The lowest BCUT2D eigenvalue weighted by atomic mass is 9.27. The molecule has 8 atom stereocenters. The maximum atomic E-state index is 13.2. The molecule has 0 amide bonds. The molecule has 8 fully saturated rings. The molecule has 0 spiro atoms. The van der Waals surface area contributed by atoms with Crippen molar-refractivity contribution in [2.24, 2.45) is 33.5 Å². The van der Waals surface area contributed by atoms with Crippen LogP contribution < -0.4 is 11.5 Å². The van der Waals surface area contributed by atoms with Gasteiger partial charge in [0.2, 0.25) is 0 Å². The van der Waals surface area contributed by atoms with Crippen LogP contribution in [0.25, 0.3) is 0 Å². The normalized spacial score (nSPS) is 44.4. The number of carboxylic acids is 2. The molecular weight excluding hydrogens is 532 g/mol. The molecule has 0 saturated heterocycles. The molecule has 8 nitrogen and oxygen atoms in total. The molecule has 222 valence electrons. The first-order chi connectivity index (χ1) is 19.8. The zero-order valence-electron chi connectivity index (χ0n) is 23.9. The van der Waals surface area contributed by atoms with Crippen LogP contribution in [0.5, 0.6) is 11.5 Å². The Bertz CT molecular complexity index is 1460. The van der Waals surface area contributed by atoms with Gasteiger partial charge in [0.15, 0.2) is 0 Å². The number of hydrogen-bond acceptors (Lipinski definition) is 6. The van der Waals surface area contributed by atoms with E-state index in [1.54, 1.807) is 12.1 Å². The van der Waals surface area contributed by atoms with Gasteiger partial charge in [0.05, 0.1) is 22.2 Å². The number of carbonyl (C=O) groups is 2. The molecule has 8 bridgehead atoms. The van der Waals surface area contributed by atoms with Crippen molar-refractivity contribution < 1.29 is 30.0 Å². The number of carboxylic acid groups (broad SMARTS) is 2. The minimum atomic E-state index is -0.859. The Labute approximate surface area is 245 Å². The van der Waals surface area contributed by atoms with E-state index in [4.69, 9.17) is 11.5 Å². The van der Waals surface area contributed by atoms with E-state index in [-0.39, 0.29) is 45.0 Å². The van der Waals surface area contributed by atoms with Gasteiger partial charge in [0.1, 0.15) is 11.5 Å². The van der Waals surface area contributed by atoms with Gasteiger partial charge in [-0.15, -0.1) is 0 Å². The average Bonchev–Trinajstić information content (AvgIpc) is 2.90.